The van der Waals surface area contributed by atoms with Gasteiger partial charge in [-0.1, -0.05) is 12.2 Å². The van der Waals surface area contributed by atoms with Crippen LogP contribution in [0.1, 0.15) is 22.5 Å². The number of imide groups is 1. The Morgan fingerprint density at radius 2 is 1.66 bits per heavy atom. The normalized spacial score (nSPS) is 33.6. The highest BCUT2D eigenvalue weighted by Gasteiger charge is 2.67. The Balaban J connectivity index is 1.21. The van der Waals surface area contributed by atoms with E-state index in [1.807, 2.05) is 0 Å². The Morgan fingerprint density at radius 3 is 2.24 bits per heavy atom. The summed E-state index contributed by atoms with van der Waals surface area (Å²) in [5, 5.41) is 2.79. The molecule has 0 radical (unpaired) electrons. The Bertz CT molecular complexity index is 1000. The minimum Gasteiger partial charge on any atom is -0.467 e. The van der Waals surface area contributed by atoms with E-state index in [0.29, 0.717) is 35.4 Å². The van der Waals surface area contributed by atoms with E-state index in [4.69, 9.17) is 4.42 Å². The van der Waals surface area contributed by atoms with Crippen molar-refractivity contribution in [1.82, 2.24) is 5.32 Å². The summed E-state index contributed by atoms with van der Waals surface area (Å²) >= 11 is 0. The molecule has 4 aliphatic carbocycles. The number of furan rings is 1. The molecule has 1 aliphatic heterocycles. The van der Waals surface area contributed by atoms with Gasteiger partial charge in [-0.2, -0.15) is 0 Å². The van der Waals surface area contributed by atoms with Crippen LogP contribution in [0.5, 0.6) is 0 Å². The van der Waals surface area contributed by atoms with Gasteiger partial charge in [0.05, 0.1) is 30.3 Å². The third kappa shape index (κ3) is 2.38. The maximum Gasteiger partial charge on any atom is 0.251 e. The fourth-order valence-electron chi connectivity index (χ4n) is 5.66. The molecule has 0 unspecified atom stereocenters. The standard InChI is InChI=1S/C23H20N2O4/c26-21(24-11-14-2-1-9-29-14)12-3-5-13(6-4-12)25-22(27)19-15-7-8-16(18-10-17(15)18)20(19)23(25)28/h1-9,15-20H,10-11H2,(H,24,26)/t15-,16-,17-,18+,19-,20+/m0/s1. The van der Waals surface area contributed by atoms with Crippen LogP contribution < -0.4 is 10.2 Å². The van der Waals surface area contributed by atoms with Crippen molar-refractivity contribution < 1.29 is 18.8 Å². The number of nitrogens with zero attached hydrogens (tertiary/aromatic N) is 1. The molecule has 2 aromatic rings. The molecule has 6 heteroatoms. The number of rotatable bonds is 4. The predicted molar refractivity (Wildman–Crippen MR) is 104 cm³/mol. The van der Waals surface area contributed by atoms with Crippen molar-refractivity contribution in [3.63, 3.8) is 0 Å². The molecule has 5 aliphatic rings. The monoisotopic (exact) mass is 388 g/mol. The lowest BCUT2D eigenvalue weighted by Crippen LogP contribution is -2.40. The first-order valence-corrected chi connectivity index (χ1v) is 10.1. The summed E-state index contributed by atoms with van der Waals surface area (Å²) in [6, 6.07) is 10.2. The molecular weight excluding hydrogens is 368 g/mol. The lowest BCUT2D eigenvalue weighted by molar-refractivity contribution is -0.124. The summed E-state index contributed by atoms with van der Waals surface area (Å²) in [6.45, 7) is 0.304. The van der Waals surface area contributed by atoms with Crippen molar-refractivity contribution in [2.24, 2.45) is 35.5 Å². The average molecular weight is 388 g/mol. The average Bonchev–Trinajstić information content (AvgIpc) is 3.33. The second-order valence-electron chi connectivity index (χ2n) is 8.48. The summed E-state index contributed by atoms with van der Waals surface area (Å²) in [5.74, 6) is 1.45. The van der Waals surface area contributed by atoms with Crippen LogP contribution in [0.3, 0.4) is 0 Å². The second kappa shape index (κ2) is 5.92. The van der Waals surface area contributed by atoms with E-state index < -0.39 is 0 Å². The SMILES string of the molecule is O=C(NCc1ccco1)c1ccc(N2C(=O)[C@@H]3[C@H]4C=C[C@@H]([C@@H]5C[C@H]45)[C@@H]3C2=O)cc1. The summed E-state index contributed by atoms with van der Waals surface area (Å²) < 4.78 is 5.21. The minimum absolute atomic E-state index is 0.0836. The molecule has 6 atom stereocenters. The lowest BCUT2D eigenvalue weighted by atomic mass is 9.63. The molecule has 2 heterocycles. The van der Waals surface area contributed by atoms with Gasteiger partial charge in [-0.3, -0.25) is 19.3 Å². The predicted octanol–water partition coefficient (Wildman–Crippen LogP) is 2.77. The van der Waals surface area contributed by atoms with Crippen LogP contribution in [0.4, 0.5) is 5.69 Å². The molecule has 6 nitrogen and oxygen atoms in total. The van der Waals surface area contributed by atoms with E-state index in [2.05, 4.69) is 17.5 Å². The molecule has 0 spiro atoms. The fraction of sp³-hybridized carbons (Fsp3) is 0.348. The van der Waals surface area contributed by atoms with Gasteiger partial charge in [-0.05, 0) is 66.5 Å². The number of allylic oxidation sites excluding steroid dienone is 2. The first kappa shape index (κ1) is 16.8. The van der Waals surface area contributed by atoms with E-state index in [1.54, 1.807) is 42.7 Å². The van der Waals surface area contributed by atoms with Gasteiger partial charge in [0, 0.05) is 5.56 Å². The zero-order chi connectivity index (χ0) is 19.7. The van der Waals surface area contributed by atoms with E-state index in [-0.39, 0.29) is 41.4 Å². The smallest absolute Gasteiger partial charge is 0.251 e. The van der Waals surface area contributed by atoms with Crippen LogP contribution >= 0.6 is 0 Å². The minimum atomic E-state index is -0.233. The first-order chi connectivity index (χ1) is 14.1. The highest BCUT2D eigenvalue weighted by molar-refractivity contribution is 6.22. The van der Waals surface area contributed by atoms with Gasteiger partial charge >= 0.3 is 0 Å². The molecule has 1 N–H and O–H groups in total. The van der Waals surface area contributed by atoms with Crippen LogP contribution in [0.25, 0.3) is 0 Å². The highest BCUT2D eigenvalue weighted by atomic mass is 16.3. The molecular formula is C23H20N2O4. The summed E-state index contributed by atoms with van der Waals surface area (Å²) in [6.07, 6.45) is 7.04. The van der Waals surface area contributed by atoms with Crippen molar-refractivity contribution in [1.29, 1.82) is 0 Å². The summed E-state index contributed by atoms with van der Waals surface area (Å²) in [5.41, 5.74) is 1.02. The van der Waals surface area contributed by atoms with Crippen LogP contribution in [0, 0.1) is 35.5 Å². The second-order valence-corrected chi connectivity index (χ2v) is 8.48. The van der Waals surface area contributed by atoms with Crippen molar-refractivity contribution >= 4 is 23.4 Å². The van der Waals surface area contributed by atoms with Crippen molar-refractivity contribution in [3.05, 3.63) is 66.1 Å². The van der Waals surface area contributed by atoms with Crippen LogP contribution in [0.2, 0.25) is 0 Å². The van der Waals surface area contributed by atoms with Gasteiger partial charge in [-0.15, -0.1) is 0 Å². The number of carbonyl (C=O) groups is 3. The molecule has 2 saturated carbocycles. The number of amides is 3. The Kier molecular flexibility index (Phi) is 3.43. The Morgan fingerprint density at radius 1 is 1.00 bits per heavy atom. The quantitative estimate of drug-likeness (QED) is 0.645. The third-order valence-corrected chi connectivity index (χ3v) is 7.05. The van der Waals surface area contributed by atoms with Gasteiger partial charge in [0.1, 0.15) is 5.76 Å². The lowest BCUT2D eigenvalue weighted by Gasteiger charge is -2.37. The zero-order valence-electron chi connectivity index (χ0n) is 15.7. The van der Waals surface area contributed by atoms with E-state index >= 15 is 0 Å². The topological polar surface area (TPSA) is 79.6 Å². The van der Waals surface area contributed by atoms with E-state index in [0.717, 1.165) is 6.42 Å². The van der Waals surface area contributed by atoms with Gasteiger partial charge < -0.3 is 9.73 Å². The number of anilines is 1. The number of hydrogen-bond acceptors (Lipinski definition) is 4. The molecule has 3 fully saturated rings. The number of hydrogen-bond donors (Lipinski definition) is 1. The largest absolute Gasteiger partial charge is 0.467 e. The molecule has 7 rings (SSSR count). The van der Waals surface area contributed by atoms with Gasteiger partial charge in [0.25, 0.3) is 5.91 Å². The Hall–Kier alpha value is -3.15. The van der Waals surface area contributed by atoms with E-state index in [9.17, 15) is 14.4 Å². The molecule has 1 aromatic carbocycles. The van der Waals surface area contributed by atoms with Crippen molar-refractivity contribution in [3.8, 4) is 0 Å². The van der Waals surface area contributed by atoms with Crippen molar-refractivity contribution in [2.75, 3.05) is 4.90 Å². The van der Waals surface area contributed by atoms with Crippen LogP contribution in [-0.4, -0.2) is 17.7 Å². The molecule has 3 amide bonds. The summed E-state index contributed by atoms with van der Waals surface area (Å²) in [7, 11) is 0. The molecule has 1 saturated heterocycles. The van der Waals surface area contributed by atoms with Gasteiger partial charge in [-0.25, -0.2) is 0 Å². The molecule has 1 aromatic heterocycles. The highest BCUT2D eigenvalue weighted by Crippen LogP contribution is 2.65. The maximum absolute atomic E-state index is 13.1. The summed E-state index contributed by atoms with van der Waals surface area (Å²) in [4.78, 5) is 40.0. The van der Waals surface area contributed by atoms with Crippen LogP contribution in [0.15, 0.2) is 59.2 Å². The Labute approximate surface area is 167 Å². The first-order valence-electron chi connectivity index (χ1n) is 10.1. The van der Waals surface area contributed by atoms with Crippen molar-refractivity contribution in [2.45, 2.75) is 13.0 Å². The third-order valence-electron chi connectivity index (χ3n) is 7.05. The number of nitrogens with one attached hydrogen (secondary N) is 1. The van der Waals surface area contributed by atoms with Gasteiger partial charge in [0.2, 0.25) is 11.8 Å². The van der Waals surface area contributed by atoms with E-state index in [1.165, 1.54) is 4.90 Å². The zero-order valence-corrected chi connectivity index (χ0v) is 15.7. The number of benzene rings is 1. The number of carbonyl (C=O) groups excluding carboxylic acids is 3. The maximum atomic E-state index is 13.1. The molecule has 29 heavy (non-hydrogen) atoms. The molecule has 146 valence electrons. The van der Waals surface area contributed by atoms with Gasteiger partial charge in [0.15, 0.2) is 0 Å². The van der Waals surface area contributed by atoms with Crippen LogP contribution in [-0.2, 0) is 16.1 Å². The molecule has 2 bridgehead atoms. The fourth-order valence-corrected chi connectivity index (χ4v) is 5.66.